The molecule has 1 N–H and O–H groups in total. The average molecular weight is 345 g/mol. The van der Waals surface area contributed by atoms with Crippen LogP contribution in [0.15, 0.2) is 29.3 Å². The Balaban J connectivity index is 1.97. The maximum atomic E-state index is 12.7. The summed E-state index contributed by atoms with van der Waals surface area (Å²) in [6.07, 6.45) is 0. The lowest BCUT2D eigenvalue weighted by Gasteiger charge is -2.35. The number of guanidine groups is 1. The van der Waals surface area contributed by atoms with Gasteiger partial charge in [-0.1, -0.05) is 29.8 Å². The van der Waals surface area contributed by atoms with Crippen LogP contribution in [-0.2, 0) is 19.1 Å². The van der Waals surface area contributed by atoms with Crippen molar-refractivity contribution in [3.63, 3.8) is 0 Å². The number of aryl methyl sites for hydroxylation is 1. The Hall–Kier alpha value is -2.41. The van der Waals surface area contributed by atoms with E-state index in [2.05, 4.69) is 5.32 Å². The highest BCUT2D eigenvalue weighted by Crippen LogP contribution is 2.31. The average Bonchev–Trinajstić information content (AvgIpc) is 2.62. The normalized spacial score (nSPS) is 23.7. The van der Waals surface area contributed by atoms with Gasteiger partial charge in [-0.25, -0.2) is 4.99 Å². The van der Waals surface area contributed by atoms with E-state index < -0.39 is 17.9 Å². The first-order chi connectivity index (χ1) is 12.1. The van der Waals surface area contributed by atoms with Crippen LogP contribution in [0.5, 0.6) is 0 Å². The van der Waals surface area contributed by atoms with Crippen molar-refractivity contribution in [2.45, 2.75) is 19.9 Å². The molecule has 1 amide bonds. The van der Waals surface area contributed by atoms with Crippen molar-refractivity contribution >= 4 is 17.8 Å². The van der Waals surface area contributed by atoms with Crippen LogP contribution in [0.4, 0.5) is 0 Å². The SMILES string of the molecule is CCOC(=O)[C@@H]1C(=O)NC(N2CCOCC2)=N[C@H]1c1cccc(C)c1. The third kappa shape index (κ3) is 3.82. The van der Waals surface area contributed by atoms with Gasteiger partial charge < -0.3 is 14.4 Å². The minimum absolute atomic E-state index is 0.225. The Morgan fingerprint density at radius 1 is 1.40 bits per heavy atom. The number of morpholine rings is 1. The molecule has 7 nitrogen and oxygen atoms in total. The lowest BCUT2D eigenvalue weighted by Crippen LogP contribution is -2.55. The van der Waals surface area contributed by atoms with Gasteiger partial charge in [-0.3, -0.25) is 14.9 Å². The molecule has 25 heavy (non-hydrogen) atoms. The molecule has 0 unspecified atom stereocenters. The molecule has 2 aliphatic heterocycles. The van der Waals surface area contributed by atoms with Crippen molar-refractivity contribution < 1.29 is 19.1 Å². The Kier molecular flexibility index (Phi) is 5.33. The lowest BCUT2D eigenvalue weighted by molar-refractivity contribution is -0.153. The Morgan fingerprint density at radius 3 is 2.84 bits per heavy atom. The van der Waals surface area contributed by atoms with E-state index in [1.165, 1.54) is 0 Å². The molecule has 0 radical (unpaired) electrons. The summed E-state index contributed by atoms with van der Waals surface area (Å²) < 4.78 is 10.5. The summed E-state index contributed by atoms with van der Waals surface area (Å²) in [6.45, 7) is 6.41. The van der Waals surface area contributed by atoms with E-state index in [1.54, 1.807) is 6.92 Å². The van der Waals surface area contributed by atoms with Gasteiger partial charge in [0.25, 0.3) is 0 Å². The maximum absolute atomic E-state index is 12.7. The summed E-state index contributed by atoms with van der Waals surface area (Å²) >= 11 is 0. The van der Waals surface area contributed by atoms with Crippen LogP contribution in [-0.4, -0.2) is 55.6 Å². The minimum atomic E-state index is -0.980. The minimum Gasteiger partial charge on any atom is -0.465 e. The number of rotatable bonds is 3. The van der Waals surface area contributed by atoms with E-state index in [1.807, 2.05) is 36.1 Å². The number of aliphatic imine (C=N–C) groups is 1. The molecule has 1 saturated heterocycles. The number of carbonyl (C=O) groups excluding carboxylic acids is 2. The molecule has 0 bridgehead atoms. The molecule has 0 spiro atoms. The molecule has 134 valence electrons. The lowest BCUT2D eigenvalue weighted by atomic mass is 9.90. The van der Waals surface area contributed by atoms with E-state index in [-0.39, 0.29) is 12.5 Å². The highest BCUT2D eigenvalue weighted by atomic mass is 16.5. The monoisotopic (exact) mass is 345 g/mol. The number of amides is 1. The highest BCUT2D eigenvalue weighted by molar-refractivity contribution is 6.08. The molecule has 0 saturated carbocycles. The number of ether oxygens (including phenoxy) is 2. The zero-order chi connectivity index (χ0) is 17.8. The number of nitrogens with zero attached hydrogens (tertiary/aromatic N) is 2. The van der Waals surface area contributed by atoms with Gasteiger partial charge in [-0.2, -0.15) is 0 Å². The van der Waals surface area contributed by atoms with Gasteiger partial charge in [0, 0.05) is 13.1 Å². The topological polar surface area (TPSA) is 80.2 Å². The van der Waals surface area contributed by atoms with E-state index in [0.717, 1.165) is 11.1 Å². The molecule has 7 heteroatoms. The summed E-state index contributed by atoms with van der Waals surface area (Å²) in [5, 5.41) is 2.77. The van der Waals surface area contributed by atoms with Crippen LogP contribution in [0, 0.1) is 12.8 Å². The van der Waals surface area contributed by atoms with Crippen molar-refractivity contribution in [2.24, 2.45) is 10.9 Å². The van der Waals surface area contributed by atoms with Crippen LogP contribution in [0.1, 0.15) is 24.1 Å². The summed E-state index contributed by atoms with van der Waals surface area (Å²) in [5.74, 6) is -1.40. The van der Waals surface area contributed by atoms with E-state index in [9.17, 15) is 9.59 Å². The van der Waals surface area contributed by atoms with Crippen LogP contribution in [0.25, 0.3) is 0 Å². The molecule has 3 rings (SSSR count). The van der Waals surface area contributed by atoms with Crippen molar-refractivity contribution in [2.75, 3.05) is 32.9 Å². The van der Waals surface area contributed by atoms with Crippen molar-refractivity contribution in [1.29, 1.82) is 0 Å². The summed E-state index contributed by atoms with van der Waals surface area (Å²) in [5.41, 5.74) is 1.88. The molecule has 2 atom stereocenters. The fourth-order valence-corrected chi connectivity index (χ4v) is 3.09. The molecule has 2 heterocycles. The number of hydrogen-bond acceptors (Lipinski definition) is 6. The van der Waals surface area contributed by atoms with Crippen LogP contribution >= 0.6 is 0 Å². The second-order valence-corrected chi connectivity index (χ2v) is 6.13. The Morgan fingerprint density at radius 2 is 2.16 bits per heavy atom. The van der Waals surface area contributed by atoms with E-state index in [4.69, 9.17) is 14.5 Å². The van der Waals surface area contributed by atoms with Gasteiger partial charge in [0.1, 0.15) is 6.04 Å². The molecule has 0 aliphatic carbocycles. The number of hydrogen-bond donors (Lipinski definition) is 1. The van der Waals surface area contributed by atoms with Gasteiger partial charge >= 0.3 is 5.97 Å². The standard InChI is InChI=1S/C18H23N3O4/c1-3-25-17(23)14-15(13-6-4-5-12(2)11-13)19-18(20-16(14)22)21-7-9-24-10-8-21/h4-6,11,14-15H,3,7-10H2,1-2H3,(H,19,20,22)/t14-,15-/m0/s1. The first-order valence-electron chi connectivity index (χ1n) is 8.54. The maximum Gasteiger partial charge on any atom is 0.321 e. The fraction of sp³-hybridized carbons (Fsp3) is 0.500. The summed E-state index contributed by atoms with van der Waals surface area (Å²) in [4.78, 5) is 31.7. The molecule has 1 aromatic rings. The largest absolute Gasteiger partial charge is 0.465 e. The summed E-state index contributed by atoms with van der Waals surface area (Å²) in [6, 6.07) is 7.13. The van der Waals surface area contributed by atoms with E-state index in [0.29, 0.717) is 32.3 Å². The second-order valence-electron chi connectivity index (χ2n) is 6.13. The van der Waals surface area contributed by atoms with Gasteiger partial charge in [0.05, 0.1) is 19.8 Å². The van der Waals surface area contributed by atoms with E-state index >= 15 is 0 Å². The smallest absolute Gasteiger partial charge is 0.321 e. The molecular weight excluding hydrogens is 322 g/mol. The molecule has 2 aliphatic rings. The Labute approximate surface area is 147 Å². The Bertz CT molecular complexity index is 683. The number of esters is 1. The number of benzene rings is 1. The number of carbonyl (C=O) groups is 2. The molecular formula is C18H23N3O4. The molecule has 0 aromatic heterocycles. The summed E-state index contributed by atoms with van der Waals surface area (Å²) in [7, 11) is 0. The molecule has 1 aromatic carbocycles. The van der Waals surface area contributed by atoms with Crippen molar-refractivity contribution in [1.82, 2.24) is 10.2 Å². The van der Waals surface area contributed by atoms with Crippen LogP contribution in [0.2, 0.25) is 0 Å². The van der Waals surface area contributed by atoms with Gasteiger partial charge in [0.15, 0.2) is 5.92 Å². The predicted octanol–water partition coefficient (Wildman–Crippen LogP) is 1.03. The van der Waals surface area contributed by atoms with Gasteiger partial charge in [0.2, 0.25) is 11.9 Å². The third-order valence-corrected chi connectivity index (χ3v) is 4.33. The first kappa shape index (κ1) is 17.4. The van der Waals surface area contributed by atoms with Crippen LogP contribution < -0.4 is 5.32 Å². The first-order valence-corrected chi connectivity index (χ1v) is 8.54. The second kappa shape index (κ2) is 7.65. The van der Waals surface area contributed by atoms with Crippen molar-refractivity contribution in [3.05, 3.63) is 35.4 Å². The van der Waals surface area contributed by atoms with Gasteiger partial charge in [-0.05, 0) is 19.4 Å². The highest BCUT2D eigenvalue weighted by Gasteiger charge is 2.42. The fourth-order valence-electron chi connectivity index (χ4n) is 3.09. The number of nitrogens with one attached hydrogen (secondary N) is 1. The van der Waals surface area contributed by atoms with Crippen molar-refractivity contribution in [3.8, 4) is 0 Å². The predicted molar refractivity (Wildman–Crippen MR) is 92.0 cm³/mol. The quantitative estimate of drug-likeness (QED) is 0.654. The molecule has 1 fully saturated rings. The third-order valence-electron chi connectivity index (χ3n) is 4.33. The van der Waals surface area contributed by atoms with Crippen LogP contribution in [0.3, 0.4) is 0 Å². The van der Waals surface area contributed by atoms with Gasteiger partial charge in [-0.15, -0.1) is 0 Å². The zero-order valence-electron chi connectivity index (χ0n) is 14.5. The zero-order valence-corrected chi connectivity index (χ0v) is 14.5.